The Morgan fingerprint density at radius 3 is 2.27 bits per heavy atom. The zero-order valence-corrected chi connectivity index (χ0v) is 20.8. The van der Waals surface area contributed by atoms with Crippen LogP contribution in [-0.4, -0.2) is 39.3 Å². The molecule has 0 atom stereocenters. The molecule has 1 fully saturated rings. The number of ketones is 1. The second-order valence-electron chi connectivity index (χ2n) is 9.32. The summed E-state index contributed by atoms with van der Waals surface area (Å²) >= 11 is 0. The van der Waals surface area contributed by atoms with E-state index in [1.165, 1.54) is 12.4 Å². The first-order valence-electron chi connectivity index (χ1n) is 12.3. The Morgan fingerprint density at radius 2 is 1.62 bits per heavy atom. The van der Waals surface area contributed by atoms with Crippen LogP contribution >= 0.6 is 0 Å². The molecule has 1 saturated heterocycles. The molecule has 5 rings (SSSR count). The summed E-state index contributed by atoms with van der Waals surface area (Å²) in [5.74, 6) is -0.781. The van der Waals surface area contributed by atoms with Crippen molar-refractivity contribution in [2.45, 2.75) is 25.7 Å². The number of anilines is 2. The van der Waals surface area contributed by atoms with Crippen molar-refractivity contribution in [3.8, 4) is 11.1 Å². The van der Waals surface area contributed by atoms with E-state index in [2.05, 4.69) is 20.2 Å². The molecule has 3 heterocycles. The van der Waals surface area contributed by atoms with Crippen LogP contribution in [0.2, 0.25) is 0 Å². The number of aryl methyl sites for hydroxylation is 1. The number of nitrogens with zero attached hydrogens (tertiary/aromatic N) is 4. The van der Waals surface area contributed by atoms with Crippen LogP contribution < -0.4 is 10.2 Å². The molecule has 7 nitrogen and oxygen atoms in total. The van der Waals surface area contributed by atoms with Gasteiger partial charge in [-0.2, -0.15) is 0 Å². The molecule has 0 saturated carbocycles. The van der Waals surface area contributed by atoms with Gasteiger partial charge >= 0.3 is 0 Å². The number of carbonyl (C=O) groups excluding carboxylic acids is 2. The number of benzene rings is 2. The van der Waals surface area contributed by atoms with Gasteiger partial charge in [-0.25, -0.2) is 14.4 Å². The predicted molar refractivity (Wildman–Crippen MR) is 141 cm³/mol. The van der Waals surface area contributed by atoms with E-state index in [0.29, 0.717) is 17.2 Å². The maximum Gasteiger partial charge on any atom is 0.298 e. The first-order chi connectivity index (χ1) is 17.9. The van der Waals surface area contributed by atoms with Crippen LogP contribution in [0.4, 0.5) is 15.8 Å². The van der Waals surface area contributed by atoms with Gasteiger partial charge in [0.1, 0.15) is 11.5 Å². The molecule has 1 aliphatic heterocycles. The molecule has 0 unspecified atom stereocenters. The Labute approximate surface area is 215 Å². The van der Waals surface area contributed by atoms with E-state index in [1.807, 2.05) is 67.6 Å². The Bertz CT molecular complexity index is 1410. The van der Waals surface area contributed by atoms with Gasteiger partial charge in [0, 0.05) is 48.7 Å². The molecule has 37 heavy (non-hydrogen) atoms. The van der Waals surface area contributed by atoms with Gasteiger partial charge in [0.05, 0.1) is 12.4 Å². The van der Waals surface area contributed by atoms with Crippen molar-refractivity contribution in [1.29, 1.82) is 0 Å². The van der Waals surface area contributed by atoms with Gasteiger partial charge in [0.15, 0.2) is 5.82 Å². The molecule has 4 aromatic rings. The van der Waals surface area contributed by atoms with E-state index >= 15 is 0 Å². The summed E-state index contributed by atoms with van der Waals surface area (Å²) in [6.07, 6.45) is 4.18. The van der Waals surface area contributed by atoms with Gasteiger partial charge in [0.25, 0.3) is 11.7 Å². The normalized spacial score (nSPS) is 14.0. The van der Waals surface area contributed by atoms with Crippen molar-refractivity contribution in [2.75, 3.05) is 23.3 Å². The third-order valence-electron chi connectivity index (χ3n) is 6.97. The molecular weight excluding hydrogens is 469 g/mol. The Balaban J connectivity index is 1.23. The number of rotatable bonds is 6. The average Bonchev–Trinajstić information content (AvgIpc) is 3.23. The van der Waals surface area contributed by atoms with Gasteiger partial charge in [-0.05, 0) is 55.7 Å². The van der Waals surface area contributed by atoms with E-state index in [9.17, 15) is 14.0 Å². The van der Waals surface area contributed by atoms with Crippen LogP contribution in [0.1, 0.15) is 40.8 Å². The maximum absolute atomic E-state index is 13.2. The minimum Gasteiger partial charge on any atom is -0.371 e. The van der Waals surface area contributed by atoms with E-state index < -0.39 is 17.5 Å². The quantitative estimate of drug-likeness (QED) is 0.295. The van der Waals surface area contributed by atoms with Crippen LogP contribution in [0.15, 0.2) is 73.1 Å². The van der Waals surface area contributed by atoms with Crippen molar-refractivity contribution in [2.24, 2.45) is 7.05 Å². The van der Waals surface area contributed by atoms with Crippen molar-refractivity contribution in [3.63, 3.8) is 0 Å². The van der Waals surface area contributed by atoms with E-state index in [-0.39, 0.29) is 5.92 Å². The smallest absolute Gasteiger partial charge is 0.298 e. The lowest BCUT2D eigenvalue weighted by Crippen LogP contribution is -2.33. The Hall–Kier alpha value is -4.33. The third-order valence-corrected chi connectivity index (χ3v) is 6.97. The topological polar surface area (TPSA) is 80.1 Å². The summed E-state index contributed by atoms with van der Waals surface area (Å²) < 4.78 is 14.9. The summed E-state index contributed by atoms with van der Waals surface area (Å²) in [5.41, 5.74) is 4.49. The van der Waals surface area contributed by atoms with E-state index in [0.717, 1.165) is 48.4 Å². The molecule has 0 aliphatic carbocycles. The summed E-state index contributed by atoms with van der Waals surface area (Å²) in [7, 11) is 1.79. The second-order valence-corrected chi connectivity index (χ2v) is 9.32. The second kappa shape index (κ2) is 10.3. The van der Waals surface area contributed by atoms with Crippen molar-refractivity contribution >= 4 is 23.1 Å². The molecular formula is C29H28FN5O2. The SMILES string of the molecule is Cc1cc(-c2ccccc2)c(C(=O)C(=O)Nc2ccc(N3CCC(c4ncc(F)cn4)CC3)cc2)n1C. The van der Waals surface area contributed by atoms with Crippen LogP contribution in [0, 0.1) is 12.7 Å². The molecule has 0 bridgehead atoms. The lowest BCUT2D eigenvalue weighted by atomic mass is 9.95. The Kier molecular flexibility index (Phi) is 6.81. The van der Waals surface area contributed by atoms with Gasteiger partial charge in [-0.1, -0.05) is 30.3 Å². The molecule has 0 radical (unpaired) electrons. The molecule has 188 valence electrons. The molecule has 2 aromatic carbocycles. The Morgan fingerprint density at radius 1 is 0.973 bits per heavy atom. The van der Waals surface area contributed by atoms with E-state index in [1.54, 1.807) is 11.6 Å². The molecule has 1 aliphatic rings. The van der Waals surface area contributed by atoms with Crippen LogP contribution in [0.25, 0.3) is 11.1 Å². The fraction of sp³-hybridized carbons (Fsp3) is 0.241. The summed E-state index contributed by atoms with van der Waals surface area (Å²) in [6, 6.07) is 19.0. The van der Waals surface area contributed by atoms with Gasteiger partial charge in [-0.15, -0.1) is 0 Å². The molecule has 0 spiro atoms. The highest BCUT2D eigenvalue weighted by atomic mass is 19.1. The highest BCUT2D eigenvalue weighted by Gasteiger charge is 2.26. The van der Waals surface area contributed by atoms with Gasteiger partial charge in [0.2, 0.25) is 0 Å². The standard InChI is InChI=1S/C29H28FN5O2/c1-19-16-25(20-6-4-3-5-7-20)26(34(19)2)27(36)29(37)33-23-8-10-24(11-9-23)35-14-12-21(13-15-35)28-31-17-22(30)18-32-28/h3-11,16-18,21H,12-15H2,1-2H3,(H,33,37). The van der Waals surface area contributed by atoms with Gasteiger partial charge in [-0.3, -0.25) is 9.59 Å². The lowest BCUT2D eigenvalue weighted by molar-refractivity contribution is -0.112. The highest BCUT2D eigenvalue weighted by molar-refractivity contribution is 6.47. The monoisotopic (exact) mass is 497 g/mol. The number of carbonyl (C=O) groups is 2. The lowest BCUT2D eigenvalue weighted by Gasteiger charge is -2.33. The van der Waals surface area contributed by atoms with Crippen LogP contribution in [0.3, 0.4) is 0 Å². The van der Waals surface area contributed by atoms with Crippen LogP contribution in [0.5, 0.6) is 0 Å². The number of hydrogen-bond acceptors (Lipinski definition) is 5. The van der Waals surface area contributed by atoms with Crippen molar-refractivity contribution in [3.05, 3.63) is 96.1 Å². The zero-order valence-electron chi connectivity index (χ0n) is 20.8. The first kappa shape index (κ1) is 24.4. The minimum atomic E-state index is -0.675. The molecule has 1 N–H and O–H groups in total. The number of piperidine rings is 1. The average molecular weight is 498 g/mol. The van der Waals surface area contributed by atoms with Crippen molar-refractivity contribution < 1.29 is 14.0 Å². The maximum atomic E-state index is 13.2. The summed E-state index contributed by atoms with van der Waals surface area (Å²) in [6.45, 7) is 3.56. The zero-order chi connectivity index (χ0) is 25.9. The predicted octanol–water partition coefficient (Wildman–Crippen LogP) is 5.14. The largest absolute Gasteiger partial charge is 0.371 e. The minimum absolute atomic E-state index is 0.211. The number of halogens is 1. The third kappa shape index (κ3) is 5.14. The fourth-order valence-electron chi connectivity index (χ4n) is 4.82. The molecule has 2 aromatic heterocycles. The molecule has 8 heteroatoms. The van der Waals surface area contributed by atoms with Gasteiger partial charge < -0.3 is 14.8 Å². The van der Waals surface area contributed by atoms with Crippen molar-refractivity contribution in [1.82, 2.24) is 14.5 Å². The first-order valence-corrected chi connectivity index (χ1v) is 12.3. The van der Waals surface area contributed by atoms with E-state index in [4.69, 9.17) is 0 Å². The summed E-state index contributed by atoms with van der Waals surface area (Å²) in [4.78, 5) is 36.6. The number of aromatic nitrogens is 3. The number of nitrogens with one attached hydrogen (secondary N) is 1. The summed E-state index contributed by atoms with van der Waals surface area (Å²) in [5, 5.41) is 2.75. The van der Waals surface area contributed by atoms with Crippen LogP contribution in [-0.2, 0) is 11.8 Å². The molecule has 1 amide bonds. The fourth-order valence-corrected chi connectivity index (χ4v) is 4.82. The highest BCUT2D eigenvalue weighted by Crippen LogP contribution is 2.30. The number of Topliss-reactive ketones (excluding diaryl/α,β-unsaturated/α-hetero) is 1. The number of hydrogen-bond donors (Lipinski definition) is 1. The number of amides is 1.